The van der Waals surface area contributed by atoms with E-state index in [4.69, 9.17) is 9.47 Å². The summed E-state index contributed by atoms with van der Waals surface area (Å²) in [5, 5.41) is 2.60. The Balaban J connectivity index is 1.72. The number of carbonyl (C=O) groups is 2. The normalized spacial score (nSPS) is 13.7. The third kappa shape index (κ3) is 3.43. The second-order valence-corrected chi connectivity index (χ2v) is 6.71. The highest BCUT2D eigenvalue weighted by atomic mass is 16.6. The summed E-state index contributed by atoms with van der Waals surface area (Å²) in [4.78, 5) is 24.0. The molecule has 26 heavy (non-hydrogen) atoms. The number of ether oxygens (including phenoxy) is 2. The van der Waals surface area contributed by atoms with E-state index in [1.165, 1.54) is 18.2 Å². The Hall–Kier alpha value is -2.82. The van der Waals surface area contributed by atoms with E-state index in [-0.39, 0.29) is 18.4 Å². The molecule has 0 saturated carbocycles. The van der Waals surface area contributed by atoms with E-state index in [9.17, 15) is 9.59 Å². The summed E-state index contributed by atoms with van der Waals surface area (Å²) in [5.41, 5.74) is 4.64. The molecule has 0 aromatic heterocycles. The number of hydrogen-bond acceptors (Lipinski definition) is 4. The van der Waals surface area contributed by atoms with Crippen LogP contribution in [0.2, 0.25) is 0 Å². The third-order valence-electron chi connectivity index (χ3n) is 4.74. The molecule has 0 bridgehead atoms. The zero-order valence-corrected chi connectivity index (χ0v) is 15.2. The molecule has 2 aromatic rings. The van der Waals surface area contributed by atoms with Crippen molar-refractivity contribution in [2.45, 2.75) is 25.8 Å². The average molecular weight is 353 g/mol. The number of esters is 1. The zero-order chi connectivity index (χ0) is 18.7. The van der Waals surface area contributed by atoms with Gasteiger partial charge in [-0.3, -0.25) is 0 Å². The van der Waals surface area contributed by atoms with Crippen molar-refractivity contribution < 1.29 is 19.1 Å². The monoisotopic (exact) mass is 353 g/mol. The van der Waals surface area contributed by atoms with Crippen LogP contribution in [-0.2, 0) is 14.3 Å². The van der Waals surface area contributed by atoms with Crippen LogP contribution in [0, 0.1) is 5.92 Å². The lowest BCUT2D eigenvalue weighted by Gasteiger charge is -2.20. The smallest absolute Gasteiger partial charge is 0.407 e. The minimum atomic E-state index is -0.726. The summed E-state index contributed by atoms with van der Waals surface area (Å²) in [5.74, 6) is -0.583. The molecule has 2 aromatic carbocycles. The Morgan fingerprint density at radius 3 is 2.04 bits per heavy atom. The lowest BCUT2D eigenvalue weighted by molar-refractivity contribution is -0.144. The third-order valence-corrected chi connectivity index (χ3v) is 4.74. The predicted octanol–water partition coefficient (Wildman–Crippen LogP) is 3.72. The molecule has 1 aliphatic carbocycles. The van der Waals surface area contributed by atoms with Crippen molar-refractivity contribution >= 4 is 12.1 Å². The molecule has 136 valence electrons. The van der Waals surface area contributed by atoms with Crippen LogP contribution in [0.3, 0.4) is 0 Å². The van der Waals surface area contributed by atoms with Gasteiger partial charge in [-0.1, -0.05) is 62.4 Å². The Morgan fingerprint density at radius 2 is 1.54 bits per heavy atom. The van der Waals surface area contributed by atoms with E-state index in [2.05, 4.69) is 29.6 Å². The highest BCUT2D eigenvalue weighted by Gasteiger charge is 2.30. The summed E-state index contributed by atoms with van der Waals surface area (Å²) in [7, 11) is 1.30. The fraction of sp³-hybridized carbons (Fsp3) is 0.333. The maximum atomic E-state index is 12.2. The first-order valence-corrected chi connectivity index (χ1v) is 8.72. The van der Waals surface area contributed by atoms with Crippen molar-refractivity contribution in [3.8, 4) is 11.1 Å². The predicted molar refractivity (Wildman–Crippen MR) is 98.8 cm³/mol. The topological polar surface area (TPSA) is 64.6 Å². The molecule has 0 fully saturated rings. The van der Waals surface area contributed by atoms with Gasteiger partial charge >= 0.3 is 12.1 Å². The van der Waals surface area contributed by atoms with Gasteiger partial charge in [-0.25, -0.2) is 9.59 Å². The number of carbonyl (C=O) groups excluding carboxylic acids is 2. The van der Waals surface area contributed by atoms with Crippen LogP contribution in [-0.4, -0.2) is 31.8 Å². The van der Waals surface area contributed by atoms with Crippen LogP contribution in [0.25, 0.3) is 11.1 Å². The largest absolute Gasteiger partial charge is 0.467 e. The minimum Gasteiger partial charge on any atom is -0.467 e. The molecule has 1 unspecified atom stereocenters. The van der Waals surface area contributed by atoms with E-state index < -0.39 is 18.1 Å². The number of amides is 1. The van der Waals surface area contributed by atoms with Crippen LogP contribution >= 0.6 is 0 Å². The van der Waals surface area contributed by atoms with Crippen molar-refractivity contribution in [3.63, 3.8) is 0 Å². The number of hydrogen-bond donors (Lipinski definition) is 1. The van der Waals surface area contributed by atoms with E-state index >= 15 is 0 Å². The molecule has 1 atom stereocenters. The second kappa shape index (κ2) is 7.60. The van der Waals surface area contributed by atoms with Gasteiger partial charge < -0.3 is 14.8 Å². The van der Waals surface area contributed by atoms with Crippen molar-refractivity contribution in [2.24, 2.45) is 5.92 Å². The molecule has 1 N–H and O–H groups in total. The summed E-state index contributed by atoms with van der Waals surface area (Å²) < 4.78 is 10.2. The molecule has 0 aliphatic heterocycles. The molecule has 5 heteroatoms. The maximum absolute atomic E-state index is 12.2. The number of rotatable bonds is 5. The lowest BCUT2D eigenvalue weighted by atomic mass is 9.98. The van der Waals surface area contributed by atoms with Gasteiger partial charge in [0.25, 0.3) is 0 Å². The van der Waals surface area contributed by atoms with Crippen LogP contribution in [0.4, 0.5) is 4.79 Å². The van der Waals surface area contributed by atoms with Crippen LogP contribution in [0.5, 0.6) is 0 Å². The van der Waals surface area contributed by atoms with Gasteiger partial charge in [0.1, 0.15) is 12.6 Å². The summed E-state index contributed by atoms with van der Waals surface area (Å²) in [6, 6.07) is 15.6. The quantitative estimate of drug-likeness (QED) is 0.832. The van der Waals surface area contributed by atoms with Gasteiger partial charge in [-0.15, -0.1) is 0 Å². The van der Waals surface area contributed by atoms with Crippen molar-refractivity contribution in [3.05, 3.63) is 59.7 Å². The van der Waals surface area contributed by atoms with Gasteiger partial charge in [0, 0.05) is 5.92 Å². The zero-order valence-electron chi connectivity index (χ0n) is 15.2. The molecule has 0 heterocycles. The first kappa shape index (κ1) is 18.0. The summed E-state index contributed by atoms with van der Waals surface area (Å²) in [6.45, 7) is 3.89. The molecule has 1 aliphatic rings. The fourth-order valence-electron chi connectivity index (χ4n) is 3.39. The number of methoxy groups -OCH3 is 1. The molecule has 5 nitrogen and oxygen atoms in total. The molecular weight excluding hydrogens is 330 g/mol. The molecular formula is C21H23NO4. The van der Waals surface area contributed by atoms with Gasteiger partial charge in [-0.2, -0.15) is 0 Å². The molecule has 1 amide bonds. The van der Waals surface area contributed by atoms with E-state index in [0.717, 1.165) is 11.1 Å². The highest BCUT2D eigenvalue weighted by Crippen LogP contribution is 2.44. The Bertz CT molecular complexity index is 770. The molecule has 0 spiro atoms. The first-order valence-electron chi connectivity index (χ1n) is 8.72. The summed E-state index contributed by atoms with van der Waals surface area (Å²) >= 11 is 0. The van der Waals surface area contributed by atoms with Gasteiger partial charge in [0.15, 0.2) is 0 Å². The Kier molecular flexibility index (Phi) is 5.26. The van der Waals surface area contributed by atoms with Crippen LogP contribution in [0.15, 0.2) is 48.5 Å². The van der Waals surface area contributed by atoms with Crippen LogP contribution in [0.1, 0.15) is 30.9 Å². The summed E-state index contributed by atoms with van der Waals surface area (Å²) in [6.07, 6.45) is -0.615. The average Bonchev–Trinajstić information content (AvgIpc) is 2.97. The van der Waals surface area contributed by atoms with Crippen molar-refractivity contribution in [2.75, 3.05) is 13.7 Å². The SMILES string of the molecule is COC(=O)C(NC(=O)OCC1c2ccccc2-c2ccccc21)C(C)C. The Labute approximate surface area is 153 Å². The second-order valence-electron chi connectivity index (χ2n) is 6.71. The van der Waals surface area contributed by atoms with E-state index in [1.807, 2.05) is 38.1 Å². The van der Waals surface area contributed by atoms with Gasteiger partial charge in [0.2, 0.25) is 0 Å². The van der Waals surface area contributed by atoms with Gasteiger partial charge in [0.05, 0.1) is 7.11 Å². The van der Waals surface area contributed by atoms with Crippen molar-refractivity contribution in [1.29, 1.82) is 0 Å². The van der Waals surface area contributed by atoms with Gasteiger partial charge in [-0.05, 0) is 28.2 Å². The maximum Gasteiger partial charge on any atom is 0.407 e. The fourth-order valence-corrected chi connectivity index (χ4v) is 3.39. The van der Waals surface area contributed by atoms with Crippen molar-refractivity contribution in [1.82, 2.24) is 5.32 Å². The standard InChI is InChI=1S/C21H23NO4/c1-13(2)19(20(23)25-3)22-21(24)26-12-18-16-10-6-4-8-14(16)15-9-5-7-11-17(15)18/h4-11,13,18-19H,12H2,1-3H3,(H,22,24). The Morgan fingerprint density at radius 1 is 1.00 bits per heavy atom. The van der Waals surface area contributed by atoms with E-state index in [1.54, 1.807) is 0 Å². The number of alkyl carbamates (subject to hydrolysis) is 1. The lowest BCUT2D eigenvalue weighted by Crippen LogP contribution is -2.45. The number of benzene rings is 2. The minimum absolute atomic E-state index is 0.0104. The molecule has 3 rings (SSSR count). The van der Waals surface area contributed by atoms with Crippen LogP contribution < -0.4 is 5.32 Å². The first-order chi connectivity index (χ1) is 12.5. The number of fused-ring (bicyclic) bond motifs is 3. The molecule has 0 radical (unpaired) electrons. The highest BCUT2D eigenvalue weighted by molar-refractivity contribution is 5.82. The van der Waals surface area contributed by atoms with E-state index in [0.29, 0.717) is 0 Å². The number of nitrogens with one attached hydrogen (secondary N) is 1. The molecule has 0 saturated heterocycles.